The van der Waals surface area contributed by atoms with E-state index in [1.54, 1.807) is 0 Å². The fourth-order valence-electron chi connectivity index (χ4n) is 2.80. The van der Waals surface area contributed by atoms with Crippen molar-refractivity contribution in [2.75, 3.05) is 18.4 Å². The lowest BCUT2D eigenvalue weighted by Gasteiger charge is -2.34. The van der Waals surface area contributed by atoms with Crippen molar-refractivity contribution in [1.29, 1.82) is 0 Å². The summed E-state index contributed by atoms with van der Waals surface area (Å²) in [6.07, 6.45) is -4.25. The number of anilines is 1. The van der Waals surface area contributed by atoms with E-state index in [0.29, 0.717) is 25.4 Å². The van der Waals surface area contributed by atoms with E-state index < -0.39 is 18.5 Å². The molecule has 1 aliphatic heterocycles. The van der Waals surface area contributed by atoms with E-state index in [2.05, 4.69) is 19.2 Å². The van der Waals surface area contributed by atoms with E-state index in [4.69, 9.17) is 0 Å². The van der Waals surface area contributed by atoms with E-state index in [1.807, 2.05) is 24.3 Å². The quantitative estimate of drug-likeness (QED) is 0.900. The number of piperidine rings is 1. The largest absolute Gasteiger partial charge is 0.397 e. The van der Waals surface area contributed by atoms with Crippen LogP contribution in [0.5, 0.6) is 0 Å². The summed E-state index contributed by atoms with van der Waals surface area (Å²) in [7, 11) is 0. The summed E-state index contributed by atoms with van der Waals surface area (Å²) in [5.74, 6) is -0.381. The number of carbonyl (C=O) groups is 1. The summed E-state index contributed by atoms with van der Waals surface area (Å²) in [5, 5.41) is 3.32. The second kappa shape index (κ2) is 7.23. The lowest BCUT2D eigenvalue weighted by Crippen LogP contribution is -2.46. The van der Waals surface area contributed by atoms with Gasteiger partial charge in [-0.3, -0.25) is 4.79 Å². The number of hydrogen-bond acceptors (Lipinski definition) is 2. The summed E-state index contributed by atoms with van der Waals surface area (Å²) in [6, 6.07) is 8.04. The first-order chi connectivity index (χ1) is 10.7. The smallest absolute Gasteiger partial charge is 0.381 e. The molecule has 128 valence electrons. The highest BCUT2D eigenvalue weighted by Gasteiger charge is 2.35. The highest BCUT2D eigenvalue weighted by Crippen LogP contribution is 2.24. The third kappa shape index (κ3) is 5.44. The van der Waals surface area contributed by atoms with Crippen LogP contribution in [-0.2, 0) is 4.79 Å². The molecule has 1 heterocycles. The number of rotatable bonds is 4. The van der Waals surface area contributed by atoms with Crippen molar-refractivity contribution in [2.24, 2.45) is 0 Å². The molecule has 1 N–H and O–H groups in total. The van der Waals surface area contributed by atoms with Gasteiger partial charge in [-0.1, -0.05) is 26.0 Å². The van der Waals surface area contributed by atoms with Gasteiger partial charge in [0.2, 0.25) is 5.91 Å². The van der Waals surface area contributed by atoms with Crippen LogP contribution in [0.3, 0.4) is 0 Å². The minimum Gasteiger partial charge on any atom is -0.381 e. The summed E-state index contributed by atoms with van der Waals surface area (Å²) in [6.45, 7) is 4.96. The van der Waals surface area contributed by atoms with Gasteiger partial charge in [-0.25, -0.2) is 0 Å². The van der Waals surface area contributed by atoms with E-state index in [0.717, 1.165) is 12.1 Å². The fraction of sp³-hybridized carbons (Fsp3) is 0.588. The molecule has 3 nitrogen and oxygen atoms in total. The number of alkyl halides is 3. The average molecular weight is 328 g/mol. The second-order valence-corrected chi connectivity index (χ2v) is 6.39. The Morgan fingerprint density at radius 3 is 2.52 bits per heavy atom. The third-order valence-corrected chi connectivity index (χ3v) is 4.07. The zero-order valence-electron chi connectivity index (χ0n) is 13.5. The topological polar surface area (TPSA) is 32.3 Å². The van der Waals surface area contributed by atoms with Gasteiger partial charge in [0.05, 0.1) is 0 Å². The third-order valence-electron chi connectivity index (χ3n) is 4.07. The van der Waals surface area contributed by atoms with E-state index >= 15 is 0 Å². The second-order valence-electron chi connectivity index (χ2n) is 6.39. The van der Waals surface area contributed by atoms with Crippen LogP contribution in [0.25, 0.3) is 0 Å². The summed E-state index contributed by atoms with van der Waals surface area (Å²) in [4.78, 5) is 13.0. The normalized spacial score (nSPS) is 19.0. The van der Waals surface area contributed by atoms with Crippen molar-refractivity contribution in [1.82, 2.24) is 4.90 Å². The lowest BCUT2D eigenvalue weighted by molar-refractivity contribution is -0.162. The maximum atomic E-state index is 12.3. The predicted molar refractivity (Wildman–Crippen MR) is 84.4 cm³/mol. The molecular formula is C17H23F3N2O. The number of carbonyl (C=O) groups excluding carboxylic acids is 1. The molecule has 1 amide bonds. The average Bonchev–Trinajstić information content (AvgIpc) is 2.46. The van der Waals surface area contributed by atoms with Crippen molar-refractivity contribution in [3.05, 3.63) is 29.8 Å². The molecule has 0 bridgehead atoms. The molecule has 0 radical (unpaired) electrons. The lowest BCUT2D eigenvalue weighted by atomic mass is 10.0. The first kappa shape index (κ1) is 17.6. The Kier molecular flexibility index (Phi) is 5.55. The van der Waals surface area contributed by atoms with Crippen molar-refractivity contribution >= 4 is 11.6 Å². The Balaban J connectivity index is 1.92. The summed E-state index contributed by atoms with van der Waals surface area (Å²) >= 11 is 0. The van der Waals surface area contributed by atoms with Crippen molar-refractivity contribution < 1.29 is 18.0 Å². The van der Waals surface area contributed by atoms with Crippen molar-refractivity contribution in [3.8, 4) is 0 Å². The number of benzene rings is 1. The Bertz CT molecular complexity index is 526. The Morgan fingerprint density at radius 2 is 1.96 bits per heavy atom. The maximum Gasteiger partial charge on any atom is 0.397 e. The molecule has 23 heavy (non-hydrogen) atoms. The maximum absolute atomic E-state index is 12.3. The summed E-state index contributed by atoms with van der Waals surface area (Å²) in [5.41, 5.74) is 2.17. The van der Waals surface area contributed by atoms with Crippen LogP contribution >= 0.6 is 0 Å². The molecule has 1 saturated heterocycles. The Morgan fingerprint density at radius 1 is 1.30 bits per heavy atom. The molecule has 1 aromatic carbocycles. The molecular weight excluding hydrogens is 305 g/mol. The number of nitrogens with one attached hydrogen (secondary N) is 1. The number of halogens is 3. The first-order valence-corrected chi connectivity index (χ1v) is 7.95. The molecule has 6 heteroatoms. The highest BCUT2D eigenvalue weighted by molar-refractivity contribution is 5.77. The van der Waals surface area contributed by atoms with Crippen LogP contribution in [0.2, 0.25) is 0 Å². The van der Waals surface area contributed by atoms with Gasteiger partial charge in [-0.2, -0.15) is 13.2 Å². The highest BCUT2D eigenvalue weighted by atomic mass is 19.4. The van der Waals surface area contributed by atoms with Crippen LogP contribution in [0.4, 0.5) is 18.9 Å². The number of nitrogens with zero attached hydrogens (tertiary/aromatic N) is 1. The molecule has 1 fully saturated rings. The Labute approximate surface area is 134 Å². The molecule has 2 rings (SSSR count). The van der Waals surface area contributed by atoms with Gasteiger partial charge >= 0.3 is 6.18 Å². The first-order valence-electron chi connectivity index (χ1n) is 7.95. The van der Waals surface area contributed by atoms with Gasteiger partial charge in [0.15, 0.2) is 0 Å². The summed E-state index contributed by atoms with van der Waals surface area (Å²) < 4.78 is 37.0. The predicted octanol–water partition coefficient (Wildman–Crippen LogP) is 4.17. The van der Waals surface area contributed by atoms with Gasteiger partial charge < -0.3 is 10.2 Å². The van der Waals surface area contributed by atoms with Gasteiger partial charge in [-0.15, -0.1) is 0 Å². The van der Waals surface area contributed by atoms with Gasteiger partial charge in [0.1, 0.15) is 6.42 Å². The minimum absolute atomic E-state index is 0.00849. The van der Waals surface area contributed by atoms with E-state index in [-0.39, 0.29) is 6.04 Å². The van der Waals surface area contributed by atoms with Gasteiger partial charge in [-0.05, 0) is 36.5 Å². The zero-order valence-corrected chi connectivity index (χ0v) is 13.5. The van der Waals surface area contributed by atoms with Crippen LogP contribution in [0.15, 0.2) is 24.3 Å². The van der Waals surface area contributed by atoms with E-state index in [9.17, 15) is 18.0 Å². The molecule has 0 spiro atoms. The Hall–Kier alpha value is -1.72. The number of likely N-dealkylation sites (tertiary alicyclic amines) is 1. The molecule has 0 aliphatic carbocycles. The van der Waals surface area contributed by atoms with Crippen LogP contribution in [0.1, 0.15) is 44.6 Å². The monoisotopic (exact) mass is 328 g/mol. The zero-order chi connectivity index (χ0) is 17.0. The van der Waals surface area contributed by atoms with Gasteiger partial charge in [0, 0.05) is 24.8 Å². The molecule has 1 atom stereocenters. The molecule has 0 aromatic heterocycles. The molecule has 0 saturated carbocycles. The number of hydrogen-bond donors (Lipinski definition) is 1. The van der Waals surface area contributed by atoms with Crippen molar-refractivity contribution in [2.45, 2.75) is 51.2 Å². The minimum atomic E-state index is -4.44. The van der Waals surface area contributed by atoms with Crippen LogP contribution in [0, 0.1) is 0 Å². The molecule has 1 aliphatic rings. The van der Waals surface area contributed by atoms with Gasteiger partial charge in [0.25, 0.3) is 0 Å². The van der Waals surface area contributed by atoms with E-state index in [1.165, 1.54) is 10.5 Å². The standard InChI is InChI=1S/C17H23F3N2O/c1-12(2)13-5-7-14(8-6-13)21-15-4-3-9-22(11-15)16(23)10-17(18,19)20/h5-8,12,15,21H,3-4,9-11H2,1-2H3. The molecule has 1 unspecified atom stereocenters. The molecule has 1 aromatic rings. The van der Waals surface area contributed by atoms with Crippen LogP contribution < -0.4 is 5.32 Å². The SMILES string of the molecule is CC(C)c1ccc(NC2CCCN(C(=O)CC(F)(F)F)C2)cc1. The number of amides is 1. The fourth-order valence-corrected chi connectivity index (χ4v) is 2.80. The van der Waals surface area contributed by atoms with Crippen molar-refractivity contribution in [3.63, 3.8) is 0 Å². The van der Waals surface area contributed by atoms with Crippen LogP contribution in [-0.4, -0.2) is 36.1 Å².